The summed E-state index contributed by atoms with van der Waals surface area (Å²) in [5.74, 6) is -3.16. The number of benzene rings is 3. The molecule has 338 valence electrons. The van der Waals surface area contributed by atoms with Gasteiger partial charge in [-0.2, -0.15) is 0 Å². The van der Waals surface area contributed by atoms with Gasteiger partial charge in [0.05, 0.1) is 62.8 Å². The Hall–Kier alpha value is -6.50. The van der Waals surface area contributed by atoms with Gasteiger partial charge in [0.25, 0.3) is 23.6 Å². The largest absolute Gasteiger partial charge is 0.483 e. The van der Waals surface area contributed by atoms with Crippen molar-refractivity contribution in [1.82, 2.24) is 30.8 Å². The van der Waals surface area contributed by atoms with E-state index in [0.29, 0.717) is 43.4 Å². The zero-order valence-electron chi connectivity index (χ0n) is 35.8. The number of H-pyrrole nitrogens is 1. The van der Waals surface area contributed by atoms with Crippen LogP contribution in [0.15, 0.2) is 60.9 Å². The summed E-state index contributed by atoms with van der Waals surface area (Å²) >= 11 is 0. The molecule has 0 bridgehead atoms. The molecular weight excluding hydrogens is 830 g/mol. The predicted octanol–water partition coefficient (Wildman–Crippen LogP) is 3.59. The minimum Gasteiger partial charge on any atom is -0.483 e. The van der Waals surface area contributed by atoms with Gasteiger partial charge in [-0.15, -0.1) is 0 Å². The number of nitrogens with zero attached hydrogens (tertiary/aromatic N) is 3. The minimum absolute atomic E-state index is 0.000461. The summed E-state index contributed by atoms with van der Waals surface area (Å²) < 4.78 is 36.5. The average Bonchev–Trinajstić information content (AvgIpc) is 3.84. The molecule has 17 nitrogen and oxygen atoms in total. The summed E-state index contributed by atoms with van der Waals surface area (Å²) in [7, 11) is 0. The van der Waals surface area contributed by atoms with Crippen molar-refractivity contribution in [1.29, 1.82) is 0 Å². The molecule has 4 N–H and O–H groups in total. The van der Waals surface area contributed by atoms with E-state index in [9.17, 15) is 33.2 Å². The number of hydrogen-bond acceptors (Lipinski definition) is 12. The Balaban J connectivity index is 0.758. The fraction of sp³-hybridized carbons (Fsp3) is 0.413. The molecule has 2 fully saturated rings. The maximum atomic E-state index is 14.2. The van der Waals surface area contributed by atoms with Crippen LogP contribution in [0.25, 0.3) is 11.1 Å². The normalized spacial score (nSPS) is 16.5. The van der Waals surface area contributed by atoms with Gasteiger partial charge in [0.2, 0.25) is 11.8 Å². The summed E-state index contributed by atoms with van der Waals surface area (Å²) in [4.78, 5) is 86.6. The lowest BCUT2D eigenvalue weighted by Crippen LogP contribution is -2.54. The third-order valence-corrected chi connectivity index (χ3v) is 11.5. The van der Waals surface area contributed by atoms with Crippen molar-refractivity contribution in [3.05, 3.63) is 100 Å². The van der Waals surface area contributed by atoms with Crippen LogP contribution >= 0.6 is 0 Å². The molecule has 7 rings (SSSR count). The maximum absolute atomic E-state index is 14.2. The van der Waals surface area contributed by atoms with E-state index >= 15 is 0 Å². The first-order valence-corrected chi connectivity index (χ1v) is 21.4. The van der Waals surface area contributed by atoms with Crippen molar-refractivity contribution in [3.63, 3.8) is 0 Å². The molecule has 3 aromatic carbocycles. The molecule has 18 heteroatoms. The topological polar surface area (TPSA) is 211 Å². The Morgan fingerprint density at radius 1 is 0.828 bits per heavy atom. The Bertz CT molecular complexity index is 2380. The number of rotatable bonds is 20. The molecule has 3 aliphatic rings. The van der Waals surface area contributed by atoms with Gasteiger partial charge in [0.1, 0.15) is 17.6 Å². The number of amides is 6. The molecule has 4 heterocycles. The number of carbonyl (C=O) groups excluding carboxylic acids is 6. The van der Waals surface area contributed by atoms with E-state index in [-0.39, 0.29) is 67.8 Å². The maximum Gasteiger partial charge on any atom is 0.266 e. The quantitative estimate of drug-likeness (QED) is 0.0742. The lowest BCUT2D eigenvalue weighted by Gasteiger charge is -2.35. The van der Waals surface area contributed by atoms with E-state index < -0.39 is 42.2 Å². The second kappa shape index (κ2) is 21.2. The highest BCUT2D eigenvalue weighted by Gasteiger charge is 2.46. The van der Waals surface area contributed by atoms with Crippen molar-refractivity contribution in [2.45, 2.75) is 51.5 Å². The highest BCUT2D eigenvalue weighted by molar-refractivity contribution is 6.24. The van der Waals surface area contributed by atoms with Crippen LogP contribution in [-0.2, 0) is 28.6 Å². The second-order valence-electron chi connectivity index (χ2n) is 15.7. The van der Waals surface area contributed by atoms with Crippen molar-refractivity contribution >= 4 is 41.1 Å². The van der Waals surface area contributed by atoms with Crippen LogP contribution in [-0.4, -0.2) is 129 Å². The lowest BCUT2D eigenvalue weighted by atomic mass is 9.91. The summed E-state index contributed by atoms with van der Waals surface area (Å²) in [6.07, 6.45) is 3.60. The number of anilines is 1. The van der Waals surface area contributed by atoms with Crippen molar-refractivity contribution in [2.75, 3.05) is 77.3 Å². The molecule has 1 unspecified atom stereocenters. The zero-order valence-corrected chi connectivity index (χ0v) is 35.8. The molecule has 0 saturated carbocycles. The van der Waals surface area contributed by atoms with E-state index in [4.69, 9.17) is 18.9 Å². The third kappa shape index (κ3) is 10.8. The van der Waals surface area contributed by atoms with Gasteiger partial charge in [-0.25, -0.2) is 9.37 Å². The highest BCUT2D eigenvalue weighted by Crippen LogP contribution is 2.38. The minimum atomic E-state index is -1.11. The first-order chi connectivity index (χ1) is 31.0. The third-order valence-electron chi connectivity index (χ3n) is 11.5. The Morgan fingerprint density at radius 2 is 1.55 bits per heavy atom. The van der Waals surface area contributed by atoms with Gasteiger partial charge in [0, 0.05) is 61.0 Å². The highest BCUT2D eigenvalue weighted by atomic mass is 19.1. The summed E-state index contributed by atoms with van der Waals surface area (Å²) in [5.41, 5.74) is 6.04. The first kappa shape index (κ1) is 45.5. The Kier molecular flexibility index (Phi) is 15.1. The fourth-order valence-electron chi connectivity index (χ4n) is 8.11. The zero-order chi connectivity index (χ0) is 45.2. The number of piperidine rings is 2. The summed E-state index contributed by atoms with van der Waals surface area (Å²) in [5, 5.41) is 7.74. The SMILES string of the molecule is Cc1cc(-c2ccc(C(=O)NCCOCCOCCOCCNC(=O)COc3cccc4c3C(=O)N(C3CCC(=O)NC3=O)C4=O)cc2N2CCC(c3nc[nH]c3C)CC2)ccc1F. The molecule has 6 amide bonds. The average molecular weight is 882 g/mol. The monoisotopic (exact) mass is 881 g/mol. The van der Waals surface area contributed by atoms with E-state index in [0.717, 1.165) is 59.0 Å². The van der Waals surface area contributed by atoms with Crippen LogP contribution < -0.4 is 25.6 Å². The van der Waals surface area contributed by atoms with Crippen LogP contribution in [0.5, 0.6) is 5.75 Å². The standard InChI is InChI=1S/C46H52FN7O10/c1-28-24-31(7-9-35(28)47)33-8-6-32(25-37(33)53-16-12-30(13-17-53)42-29(2)50-27-51-42)43(57)49-15-19-62-21-23-63-22-20-61-18-14-48-40(56)26-64-38-5-3-4-34-41(38)46(60)54(45(34)59)36-10-11-39(55)52-44(36)58/h3-9,24-25,27,30,36H,10-23,26H2,1-2H3,(H,48,56)(H,49,57)(H,50,51)(H,52,55,58). The van der Waals surface area contributed by atoms with Crippen molar-refractivity contribution in [2.24, 2.45) is 0 Å². The number of imide groups is 2. The number of nitrogens with one attached hydrogen (secondary N) is 4. The van der Waals surface area contributed by atoms with Crippen molar-refractivity contribution in [3.8, 4) is 16.9 Å². The summed E-state index contributed by atoms with van der Waals surface area (Å²) in [6, 6.07) is 14.0. The van der Waals surface area contributed by atoms with E-state index in [1.165, 1.54) is 24.3 Å². The number of halogens is 1. The smallest absolute Gasteiger partial charge is 0.266 e. The molecule has 0 spiro atoms. The van der Waals surface area contributed by atoms with E-state index in [1.54, 1.807) is 25.4 Å². The van der Waals surface area contributed by atoms with Crippen LogP contribution in [0.1, 0.15) is 79.6 Å². The van der Waals surface area contributed by atoms with Gasteiger partial charge >= 0.3 is 0 Å². The van der Waals surface area contributed by atoms with Gasteiger partial charge in [-0.3, -0.25) is 39.0 Å². The van der Waals surface area contributed by atoms with Gasteiger partial charge in [-0.1, -0.05) is 18.2 Å². The molecule has 4 aromatic rings. The molecule has 0 radical (unpaired) electrons. The van der Waals surface area contributed by atoms with Crippen molar-refractivity contribution < 1.29 is 52.1 Å². The number of carbonyl (C=O) groups is 6. The van der Waals surface area contributed by atoms with E-state index in [2.05, 4.69) is 30.8 Å². The number of ether oxygens (including phenoxy) is 4. The number of imidazole rings is 1. The predicted molar refractivity (Wildman–Crippen MR) is 230 cm³/mol. The molecule has 3 aliphatic heterocycles. The van der Waals surface area contributed by atoms with Crippen LogP contribution in [0.3, 0.4) is 0 Å². The number of aromatic amines is 1. The molecule has 64 heavy (non-hydrogen) atoms. The summed E-state index contributed by atoms with van der Waals surface area (Å²) in [6.45, 7) is 7.14. The Morgan fingerprint density at radius 3 is 2.23 bits per heavy atom. The van der Waals surface area contributed by atoms with Crippen LogP contribution in [0, 0.1) is 19.7 Å². The van der Waals surface area contributed by atoms with E-state index in [1.807, 2.05) is 25.1 Å². The number of fused-ring (bicyclic) bond motifs is 1. The van der Waals surface area contributed by atoms with Gasteiger partial charge < -0.3 is 39.5 Å². The van der Waals surface area contributed by atoms with Gasteiger partial charge in [0.15, 0.2) is 6.61 Å². The molecular formula is C46H52FN7O10. The molecule has 0 aliphatic carbocycles. The first-order valence-electron chi connectivity index (χ1n) is 21.4. The molecule has 2 saturated heterocycles. The molecule has 1 atom stereocenters. The lowest BCUT2D eigenvalue weighted by molar-refractivity contribution is -0.136. The van der Waals surface area contributed by atoms with Gasteiger partial charge in [-0.05, 0) is 80.6 Å². The second-order valence-corrected chi connectivity index (χ2v) is 15.7. The number of aryl methyl sites for hydroxylation is 2. The number of aromatic nitrogens is 2. The fourth-order valence-corrected chi connectivity index (χ4v) is 8.11. The number of hydrogen-bond donors (Lipinski definition) is 4. The van der Waals surface area contributed by atoms with Crippen LogP contribution in [0.2, 0.25) is 0 Å². The molecule has 1 aromatic heterocycles. The van der Waals surface area contributed by atoms with Crippen LogP contribution in [0.4, 0.5) is 10.1 Å². The Labute approximate surface area is 369 Å².